The Balaban J connectivity index is 2.13. The summed E-state index contributed by atoms with van der Waals surface area (Å²) in [6.07, 6.45) is 7.75. The maximum atomic E-state index is 4.66. The molecule has 3 rings (SSSR count). The van der Waals surface area contributed by atoms with Crippen LogP contribution < -0.4 is 0 Å². The Morgan fingerprint density at radius 2 is 2.00 bits per heavy atom. The van der Waals surface area contributed by atoms with Gasteiger partial charge >= 0.3 is 0 Å². The first-order valence-electron chi connectivity index (χ1n) is 6.86. The molecule has 2 aromatic heterocycles. The van der Waals surface area contributed by atoms with Crippen LogP contribution in [0.25, 0.3) is 27.9 Å². The molecule has 3 aromatic rings. The number of aromatic nitrogens is 4. The number of allylic oxidation sites excluding steroid dienone is 4. The minimum Gasteiger partial charge on any atom is -0.274 e. The van der Waals surface area contributed by atoms with Crippen LogP contribution in [-0.2, 0) is 0 Å². The van der Waals surface area contributed by atoms with Crippen LogP contribution in [-0.4, -0.2) is 20.2 Å². The Bertz CT molecular complexity index is 813. The third kappa shape index (κ3) is 2.60. The molecular weight excluding hydrogens is 260 g/mol. The number of aromatic amines is 1. The first-order chi connectivity index (χ1) is 10.3. The lowest BCUT2D eigenvalue weighted by molar-refractivity contribution is 1.11. The molecule has 0 radical (unpaired) electrons. The maximum absolute atomic E-state index is 4.66. The molecule has 0 unspecified atom stereocenters. The van der Waals surface area contributed by atoms with E-state index in [2.05, 4.69) is 20.2 Å². The Morgan fingerprint density at radius 3 is 2.76 bits per heavy atom. The van der Waals surface area contributed by atoms with Gasteiger partial charge in [-0.05, 0) is 19.4 Å². The molecule has 0 saturated carbocycles. The van der Waals surface area contributed by atoms with Crippen LogP contribution in [0.15, 0.2) is 54.8 Å². The van der Waals surface area contributed by atoms with E-state index in [-0.39, 0.29) is 0 Å². The molecule has 1 N–H and O–H groups in total. The standard InChI is InChI=1S/C17H16N4/c1-3-4-8-12(2)17-18-11-14-16(19-17)15(21-20-14)13-9-6-5-7-10-13/h3-11H,1-2H3,(H,20,21)/b4-3-,12-8+. The summed E-state index contributed by atoms with van der Waals surface area (Å²) in [5, 5.41) is 7.35. The zero-order valence-corrected chi connectivity index (χ0v) is 12.0. The number of hydrogen-bond donors (Lipinski definition) is 1. The van der Waals surface area contributed by atoms with Crippen molar-refractivity contribution in [3.05, 3.63) is 60.6 Å². The monoisotopic (exact) mass is 276 g/mol. The molecule has 0 saturated heterocycles. The molecule has 0 amide bonds. The number of benzene rings is 1. The van der Waals surface area contributed by atoms with Crippen molar-refractivity contribution < 1.29 is 0 Å². The summed E-state index contributed by atoms with van der Waals surface area (Å²) in [6.45, 7) is 3.99. The highest BCUT2D eigenvalue weighted by Crippen LogP contribution is 2.24. The van der Waals surface area contributed by atoms with Gasteiger partial charge in [0, 0.05) is 5.56 Å². The number of rotatable bonds is 3. The van der Waals surface area contributed by atoms with Crippen LogP contribution in [0.3, 0.4) is 0 Å². The molecule has 4 nitrogen and oxygen atoms in total. The van der Waals surface area contributed by atoms with Crippen LogP contribution in [0.4, 0.5) is 0 Å². The Kier molecular flexibility index (Phi) is 3.60. The van der Waals surface area contributed by atoms with Gasteiger partial charge in [0.2, 0.25) is 0 Å². The third-order valence-electron chi connectivity index (χ3n) is 3.24. The molecule has 1 aromatic carbocycles. The maximum Gasteiger partial charge on any atom is 0.155 e. The van der Waals surface area contributed by atoms with E-state index in [0.29, 0.717) is 0 Å². The highest BCUT2D eigenvalue weighted by Gasteiger charge is 2.11. The molecule has 0 spiro atoms. The molecular formula is C17H16N4. The van der Waals surface area contributed by atoms with Gasteiger partial charge in [0.15, 0.2) is 5.82 Å². The van der Waals surface area contributed by atoms with Crippen LogP contribution in [0.5, 0.6) is 0 Å². The van der Waals surface area contributed by atoms with Crippen molar-refractivity contribution in [2.24, 2.45) is 0 Å². The van der Waals surface area contributed by atoms with Gasteiger partial charge in [0.1, 0.15) is 16.7 Å². The predicted octanol–water partition coefficient (Wildman–Crippen LogP) is 4.00. The zero-order valence-electron chi connectivity index (χ0n) is 12.0. The first-order valence-corrected chi connectivity index (χ1v) is 6.86. The summed E-state index contributed by atoms with van der Waals surface area (Å²) in [5.41, 5.74) is 4.61. The van der Waals surface area contributed by atoms with Gasteiger partial charge in [-0.25, -0.2) is 9.97 Å². The van der Waals surface area contributed by atoms with Crippen molar-refractivity contribution in [3.63, 3.8) is 0 Å². The largest absolute Gasteiger partial charge is 0.274 e. The van der Waals surface area contributed by atoms with Gasteiger partial charge in [-0.2, -0.15) is 5.10 Å². The first kappa shape index (κ1) is 13.2. The van der Waals surface area contributed by atoms with Crippen LogP contribution >= 0.6 is 0 Å². The fraction of sp³-hybridized carbons (Fsp3) is 0.118. The van der Waals surface area contributed by atoms with Gasteiger partial charge in [-0.15, -0.1) is 0 Å². The van der Waals surface area contributed by atoms with E-state index in [1.54, 1.807) is 6.20 Å². The zero-order chi connectivity index (χ0) is 14.7. The van der Waals surface area contributed by atoms with Crippen molar-refractivity contribution in [1.82, 2.24) is 20.2 Å². The summed E-state index contributed by atoms with van der Waals surface area (Å²) >= 11 is 0. The van der Waals surface area contributed by atoms with Crippen molar-refractivity contribution in [2.45, 2.75) is 13.8 Å². The molecule has 104 valence electrons. The van der Waals surface area contributed by atoms with Gasteiger partial charge in [-0.1, -0.05) is 48.6 Å². The Hall–Kier alpha value is -2.75. The SMILES string of the molecule is C/C=C\C=C(/C)c1ncc2[nH]nc(-c3ccccc3)c2n1. The summed E-state index contributed by atoms with van der Waals surface area (Å²) in [7, 11) is 0. The highest BCUT2D eigenvalue weighted by atomic mass is 15.1. The number of H-pyrrole nitrogens is 1. The van der Waals surface area contributed by atoms with Crippen LogP contribution in [0.1, 0.15) is 19.7 Å². The lowest BCUT2D eigenvalue weighted by Crippen LogP contribution is -1.92. The number of fused-ring (bicyclic) bond motifs is 1. The molecule has 0 fully saturated rings. The van der Waals surface area contributed by atoms with E-state index in [1.807, 2.05) is 62.4 Å². The van der Waals surface area contributed by atoms with E-state index >= 15 is 0 Å². The topological polar surface area (TPSA) is 54.5 Å². The average Bonchev–Trinajstić information content (AvgIpc) is 2.96. The van der Waals surface area contributed by atoms with E-state index in [0.717, 1.165) is 33.7 Å². The summed E-state index contributed by atoms with van der Waals surface area (Å²) in [5.74, 6) is 0.721. The molecule has 0 aliphatic carbocycles. The van der Waals surface area contributed by atoms with Crippen LogP contribution in [0.2, 0.25) is 0 Å². The Labute approximate surface area is 123 Å². The fourth-order valence-electron chi connectivity index (χ4n) is 2.12. The third-order valence-corrected chi connectivity index (χ3v) is 3.24. The summed E-state index contributed by atoms with van der Waals surface area (Å²) in [6, 6.07) is 10.0. The second-order valence-electron chi connectivity index (χ2n) is 4.77. The quantitative estimate of drug-likeness (QED) is 0.736. The molecule has 21 heavy (non-hydrogen) atoms. The van der Waals surface area contributed by atoms with E-state index < -0.39 is 0 Å². The van der Waals surface area contributed by atoms with E-state index in [1.165, 1.54) is 0 Å². The number of nitrogens with zero attached hydrogens (tertiary/aromatic N) is 3. The van der Waals surface area contributed by atoms with Gasteiger partial charge in [0.05, 0.1) is 6.20 Å². The molecule has 4 heteroatoms. The van der Waals surface area contributed by atoms with Gasteiger partial charge < -0.3 is 0 Å². The fourth-order valence-corrected chi connectivity index (χ4v) is 2.12. The van der Waals surface area contributed by atoms with Gasteiger partial charge in [-0.3, -0.25) is 5.10 Å². The molecule has 0 atom stereocenters. The number of nitrogens with one attached hydrogen (secondary N) is 1. The second-order valence-corrected chi connectivity index (χ2v) is 4.77. The summed E-state index contributed by atoms with van der Waals surface area (Å²) < 4.78 is 0. The van der Waals surface area contributed by atoms with Crippen LogP contribution in [0, 0.1) is 0 Å². The summed E-state index contributed by atoms with van der Waals surface area (Å²) in [4.78, 5) is 9.04. The van der Waals surface area contributed by atoms with Crippen molar-refractivity contribution in [1.29, 1.82) is 0 Å². The predicted molar refractivity (Wildman–Crippen MR) is 85.6 cm³/mol. The van der Waals surface area contributed by atoms with Crippen molar-refractivity contribution in [2.75, 3.05) is 0 Å². The second kappa shape index (κ2) is 5.71. The van der Waals surface area contributed by atoms with Gasteiger partial charge in [0.25, 0.3) is 0 Å². The molecule has 2 heterocycles. The number of hydrogen-bond acceptors (Lipinski definition) is 3. The lowest BCUT2D eigenvalue weighted by Gasteiger charge is -2.00. The smallest absolute Gasteiger partial charge is 0.155 e. The minimum atomic E-state index is 0.721. The minimum absolute atomic E-state index is 0.721. The highest BCUT2D eigenvalue weighted by molar-refractivity contribution is 5.89. The molecule has 0 aliphatic heterocycles. The Morgan fingerprint density at radius 1 is 1.19 bits per heavy atom. The lowest BCUT2D eigenvalue weighted by atomic mass is 10.1. The van der Waals surface area contributed by atoms with E-state index in [4.69, 9.17) is 0 Å². The molecule has 0 aliphatic rings. The van der Waals surface area contributed by atoms with E-state index in [9.17, 15) is 0 Å². The average molecular weight is 276 g/mol. The molecule has 0 bridgehead atoms. The normalized spacial score (nSPS) is 12.4. The van der Waals surface area contributed by atoms with Crippen molar-refractivity contribution in [3.8, 4) is 11.3 Å². The van der Waals surface area contributed by atoms with Crippen molar-refractivity contribution >= 4 is 16.6 Å².